The number of carbonyl (C=O) groups is 2. The Morgan fingerprint density at radius 3 is 2.65 bits per heavy atom. The third-order valence-electron chi connectivity index (χ3n) is 6.64. The van der Waals surface area contributed by atoms with Gasteiger partial charge in [-0.2, -0.15) is 5.10 Å². The lowest BCUT2D eigenvalue weighted by Crippen LogP contribution is -2.50. The number of aromatic nitrogens is 2. The standard InChI is InChI=1S/C25H31N3O3/c1-18-22(19(2)28(26-18)21-11-4-3-5-12-21)14-15-25(30)31-17-24(29)27-16-8-10-20-9-6-7-13-23(20)27/h3-5,11-12,14-15,20,23H,6-10,13,16-17H2,1-2H3/b15-14+/t20-,23+/m0/s1. The van der Waals surface area contributed by atoms with E-state index in [2.05, 4.69) is 5.10 Å². The van der Waals surface area contributed by atoms with Crippen LogP contribution in [-0.2, 0) is 14.3 Å². The van der Waals surface area contributed by atoms with E-state index in [0.717, 1.165) is 42.0 Å². The molecule has 6 heteroatoms. The second-order valence-corrected chi connectivity index (χ2v) is 8.61. The highest BCUT2D eigenvalue weighted by atomic mass is 16.5. The van der Waals surface area contributed by atoms with E-state index >= 15 is 0 Å². The molecular weight excluding hydrogens is 390 g/mol. The lowest BCUT2D eigenvalue weighted by Gasteiger charge is -2.44. The highest BCUT2D eigenvalue weighted by Gasteiger charge is 2.35. The number of nitrogens with zero attached hydrogens (tertiary/aromatic N) is 3. The predicted molar refractivity (Wildman–Crippen MR) is 120 cm³/mol. The second-order valence-electron chi connectivity index (χ2n) is 8.61. The van der Waals surface area contributed by atoms with Gasteiger partial charge in [-0.1, -0.05) is 31.0 Å². The van der Waals surface area contributed by atoms with Crippen molar-refractivity contribution >= 4 is 18.0 Å². The van der Waals surface area contributed by atoms with Crippen LogP contribution in [0, 0.1) is 19.8 Å². The number of rotatable bonds is 5. The highest BCUT2D eigenvalue weighted by Crippen LogP contribution is 2.35. The maximum atomic E-state index is 12.7. The van der Waals surface area contributed by atoms with E-state index in [1.54, 1.807) is 6.08 Å². The summed E-state index contributed by atoms with van der Waals surface area (Å²) in [6.07, 6.45) is 10.1. The Hall–Kier alpha value is -2.89. The van der Waals surface area contributed by atoms with Gasteiger partial charge in [-0.05, 0) is 63.7 Å². The minimum absolute atomic E-state index is 0.0670. The van der Waals surface area contributed by atoms with Gasteiger partial charge >= 0.3 is 5.97 Å². The number of likely N-dealkylation sites (tertiary alicyclic amines) is 1. The SMILES string of the molecule is Cc1nn(-c2ccccc2)c(C)c1/C=C/C(=O)OCC(=O)N1CCC[C@@H]2CCCC[C@H]21. The van der Waals surface area contributed by atoms with Crippen molar-refractivity contribution in [1.82, 2.24) is 14.7 Å². The van der Waals surface area contributed by atoms with Crippen LogP contribution < -0.4 is 0 Å². The maximum absolute atomic E-state index is 12.7. The summed E-state index contributed by atoms with van der Waals surface area (Å²) in [6.45, 7) is 4.48. The monoisotopic (exact) mass is 421 g/mol. The lowest BCUT2D eigenvalue weighted by atomic mass is 9.78. The van der Waals surface area contributed by atoms with Crippen molar-refractivity contribution in [3.05, 3.63) is 53.4 Å². The number of piperidine rings is 1. The number of esters is 1. The number of hydrogen-bond donors (Lipinski definition) is 0. The topological polar surface area (TPSA) is 64.4 Å². The third kappa shape index (κ3) is 4.73. The number of aryl methyl sites for hydroxylation is 1. The first-order chi connectivity index (χ1) is 15.0. The van der Waals surface area contributed by atoms with E-state index in [1.807, 2.05) is 53.8 Å². The summed E-state index contributed by atoms with van der Waals surface area (Å²) in [4.78, 5) is 27.0. The number of amides is 1. The Morgan fingerprint density at radius 2 is 1.84 bits per heavy atom. The van der Waals surface area contributed by atoms with Crippen molar-refractivity contribution in [2.75, 3.05) is 13.2 Å². The lowest BCUT2D eigenvalue weighted by molar-refractivity contribution is -0.151. The Bertz CT molecular complexity index is 962. The number of benzene rings is 1. The predicted octanol–water partition coefficient (Wildman–Crippen LogP) is 4.23. The first kappa shape index (κ1) is 21.3. The molecule has 1 aromatic heterocycles. The van der Waals surface area contributed by atoms with Crippen LogP contribution in [0.3, 0.4) is 0 Å². The molecule has 6 nitrogen and oxygen atoms in total. The van der Waals surface area contributed by atoms with Crippen LogP contribution >= 0.6 is 0 Å². The molecule has 0 bridgehead atoms. The smallest absolute Gasteiger partial charge is 0.331 e. The molecule has 1 aromatic carbocycles. The highest BCUT2D eigenvalue weighted by molar-refractivity contribution is 5.89. The van der Waals surface area contributed by atoms with Crippen LogP contribution in [0.25, 0.3) is 11.8 Å². The fourth-order valence-corrected chi connectivity index (χ4v) is 5.07. The third-order valence-corrected chi connectivity index (χ3v) is 6.64. The van der Waals surface area contributed by atoms with Crippen molar-refractivity contribution in [3.63, 3.8) is 0 Å². The summed E-state index contributed by atoms with van der Waals surface area (Å²) in [7, 11) is 0. The first-order valence-electron chi connectivity index (χ1n) is 11.3. The van der Waals surface area contributed by atoms with Crippen LogP contribution in [-0.4, -0.2) is 45.8 Å². The second kappa shape index (κ2) is 9.50. The van der Waals surface area contributed by atoms with Gasteiger partial charge < -0.3 is 9.64 Å². The van der Waals surface area contributed by atoms with Gasteiger partial charge in [-0.3, -0.25) is 4.79 Å². The Balaban J connectivity index is 1.36. The van der Waals surface area contributed by atoms with Crippen LogP contribution in [0.5, 0.6) is 0 Å². The molecule has 1 amide bonds. The van der Waals surface area contributed by atoms with E-state index in [0.29, 0.717) is 12.0 Å². The molecule has 0 radical (unpaired) electrons. The van der Waals surface area contributed by atoms with E-state index in [1.165, 1.54) is 31.8 Å². The van der Waals surface area contributed by atoms with Gasteiger partial charge in [-0.25, -0.2) is 9.48 Å². The zero-order valence-electron chi connectivity index (χ0n) is 18.4. The number of fused-ring (bicyclic) bond motifs is 1. The van der Waals surface area contributed by atoms with Crippen molar-refractivity contribution < 1.29 is 14.3 Å². The van der Waals surface area contributed by atoms with Crippen molar-refractivity contribution in [2.45, 2.75) is 58.4 Å². The van der Waals surface area contributed by atoms with Crippen LogP contribution in [0.2, 0.25) is 0 Å². The average molecular weight is 422 g/mol. The molecule has 1 aliphatic heterocycles. The van der Waals surface area contributed by atoms with Crippen LogP contribution in [0.1, 0.15) is 55.5 Å². The minimum Gasteiger partial charge on any atom is -0.452 e. The van der Waals surface area contributed by atoms with Gasteiger partial charge in [0.1, 0.15) is 0 Å². The molecule has 2 aliphatic rings. The summed E-state index contributed by atoms with van der Waals surface area (Å²) < 4.78 is 7.15. The van der Waals surface area contributed by atoms with Gasteiger partial charge in [0.05, 0.1) is 11.4 Å². The fraction of sp³-hybridized carbons (Fsp3) is 0.480. The molecule has 164 valence electrons. The molecular formula is C25H31N3O3. The molecule has 1 saturated heterocycles. The van der Waals surface area contributed by atoms with Gasteiger partial charge in [0.25, 0.3) is 5.91 Å². The largest absolute Gasteiger partial charge is 0.452 e. The number of carbonyl (C=O) groups excluding carboxylic acids is 2. The van der Waals surface area contributed by atoms with E-state index in [-0.39, 0.29) is 12.5 Å². The summed E-state index contributed by atoms with van der Waals surface area (Å²) in [5.74, 6) is 0.0496. The first-order valence-corrected chi connectivity index (χ1v) is 11.3. The van der Waals surface area contributed by atoms with E-state index in [4.69, 9.17) is 4.74 Å². The summed E-state index contributed by atoms with van der Waals surface area (Å²) in [6, 6.07) is 10.2. The molecule has 2 fully saturated rings. The maximum Gasteiger partial charge on any atom is 0.331 e. The van der Waals surface area contributed by atoms with Crippen LogP contribution in [0.15, 0.2) is 36.4 Å². The van der Waals surface area contributed by atoms with Gasteiger partial charge in [0.15, 0.2) is 6.61 Å². The van der Waals surface area contributed by atoms with Crippen molar-refractivity contribution in [1.29, 1.82) is 0 Å². The molecule has 2 aromatic rings. The zero-order chi connectivity index (χ0) is 21.8. The molecule has 1 saturated carbocycles. The van der Waals surface area contributed by atoms with E-state index < -0.39 is 5.97 Å². The fourth-order valence-electron chi connectivity index (χ4n) is 5.07. The Morgan fingerprint density at radius 1 is 1.10 bits per heavy atom. The minimum atomic E-state index is -0.503. The average Bonchev–Trinajstić information content (AvgIpc) is 3.09. The summed E-state index contributed by atoms with van der Waals surface area (Å²) in [5, 5.41) is 4.58. The molecule has 31 heavy (non-hydrogen) atoms. The van der Waals surface area contributed by atoms with Crippen molar-refractivity contribution in [3.8, 4) is 5.69 Å². The molecule has 2 heterocycles. The van der Waals surface area contributed by atoms with Crippen LogP contribution in [0.4, 0.5) is 0 Å². The Kier molecular flexibility index (Phi) is 6.54. The zero-order valence-corrected chi connectivity index (χ0v) is 18.4. The number of hydrogen-bond acceptors (Lipinski definition) is 4. The van der Waals surface area contributed by atoms with E-state index in [9.17, 15) is 9.59 Å². The Labute approximate surface area is 183 Å². The number of ether oxygens (including phenoxy) is 1. The molecule has 1 aliphatic carbocycles. The van der Waals surface area contributed by atoms with Gasteiger partial charge in [-0.15, -0.1) is 0 Å². The van der Waals surface area contributed by atoms with Crippen molar-refractivity contribution in [2.24, 2.45) is 5.92 Å². The van der Waals surface area contributed by atoms with Gasteiger partial charge in [0, 0.05) is 29.9 Å². The summed E-state index contributed by atoms with van der Waals surface area (Å²) in [5.41, 5.74) is 3.63. The summed E-state index contributed by atoms with van der Waals surface area (Å²) >= 11 is 0. The molecule has 2 atom stereocenters. The normalized spacial score (nSPS) is 21.2. The molecule has 0 N–H and O–H groups in total. The number of para-hydroxylation sites is 1. The molecule has 0 unspecified atom stereocenters. The molecule has 4 rings (SSSR count). The molecule has 0 spiro atoms. The quantitative estimate of drug-likeness (QED) is 0.535. The van der Waals surface area contributed by atoms with Gasteiger partial charge in [0.2, 0.25) is 0 Å².